The maximum atomic E-state index is 13.1. The molecule has 0 radical (unpaired) electrons. The highest BCUT2D eigenvalue weighted by molar-refractivity contribution is 6.32. The molecular formula is C25H25ClN6O4. The van der Waals surface area contributed by atoms with E-state index in [-0.39, 0.29) is 29.1 Å². The van der Waals surface area contributed by atoms with Crippen molar-refractivity contribution in [3.63, 3.8) is 0 Å². The minimum absolute atomic E-state index is 0.223. The van der Waals surface area contributed by atoms with E-state index in [4.69, 9.17) is 16.9 Å². The third kappa shape index (κ3) is 4.63. The van der Waals surface area contributed by atoms with E-state index in [1.807, 2.05) is 13.0 Å². The zero-order valence-corrected chi connectivity index (χ0v) is 20.6. The third-order valence-electron chi connectivity index (χ3n) is 6.37. The predicted octanol–water partition coefficient (Wildman–Crippen LogP) is 2.14. The molecule has 2 amide bonds. The maximum Gasteiger partial charge on any atom is 0.331 e. The van der Waals surface area contributed by atoms with Crippen LogP contribution in [-0.4, -0.2) is 34.0 Å². The van der Waals surface area contributed by atoms with Gasteiger partial charge >= 0.3 is 5.69 Å². The summed E-state index contributed by atoms with van der Waals surface area (Å²) in [5.41, 5.74) is 0.836. The Morgan fingerprint density at radius 2 is 1.58 bits per heavy atom. The van der Waals surface area contributed by atoms with Crippen LogP contribution in [0, 0.1) is 23.2 Å². The van der Waals surface area contributed by atoms with Crippen LogP contribution in [0.25, 0.3) is 10.9 Å². The average molecular weight is 509 g/mol. The topological polar surface area (TPSA) is 138 Å². The van der Waals surface area contributed by atoms with Gasteiger partial charge in [0.1, 0.15) is 6.07 Å². The second-order valence-electron chi connectivity index (χ2n) is 8.46. The highest BCUT2D eigenvalue weighted by Gasteiger charge is 2.38. The van der Waals surface area contributed by atoms with Crippen molar-refractivity contribution in [3.8, 4) is 6.07 Å². The largest absolute Gasteiger partial charge is 0.331 e. The Hall–Kier alpha value is -3.94. The first kappa shape index (κ1) is 25.2. The number of carbonyl (C=O) groups excluding carboxylic acids is 2. The Morgan fingerprint density at radius 3 is 2.14 bits per heavy atom. The van der Waals surface area contributed by atoms with Gasteiger partial charge < -0.3 is 16.0 Å². The zero-order valence-electron chi connectivity index (χ0n) is 19.8. The summed E-state index contributed by atoms with van der Waals surface area (Å²) in [5.74, 6) is -2.00. The number of anilines is 2. The molecule has 2 aromatic carbocycles. The monoisotopic (exact) mass is 508 g/mol. The van der Waals surface area contributed by atoms with Crippen LogP contribution in [0.15, 0.2) is 46.0 Å². The molecule has 1 aliphatic heterocycles. The fraction of sp³-hybridized carbons (Fsp3) is 0.320. The normalized spacial score (nSPS) is 17.1. The van der Waals surface area contributed by atoms with Gasteiger partial charge in [0.15, 0.2) is 0 Å². The molecule has 0 aliphatic carbocycles. The average Bonchev–Trinajstić information content (AvgIpc) is 3.36. The lowest BCUT2D eigenvalue weighted by molar-refractivity contribution is -0.127. The number of aromatic nitrogens is 2. The van der Waals surface area contributed by atoms with Crippen molar-refractivity contribution in [3.05, 3.63) is 67.8 Å². The van der Waals surface area contributed by atoms with Crippen molar-refractivity contribution in [2.45, 2.75) is 26.9 Å². The minimum Gasteiger partial charge on any atom is -0.326 e. The number of carbonyl (C=O) groups is 2. The first-order chi connectivity index (χ1) is 17.3. The number of nitrogens with zero attached hydrogens (tertiary/aromatic N) is 3. The van der Waals surface area contributed by atoms with Crippen molar-refractivity contribution in [1.29, 1.82) is 5.26 Å². The van der Waals surface area contributed by atoms with Gasteiger partial charge in [-0.2, -0.15) is 5.26 Å². The van der Waals surface area contributed by atoms with Crippen molar-refractivity contribution in [2.24, 2.45) is 11.8 Å². The number of hydrogen-bond acceptors (Lipinski definition) is 6. The molecule has 36 heavy (non-hydrogen) atoms. The molecule has 4 rings (SSSR count). The van der Waals surface area contributed by atoms with E-state index < -0.39 is 17.4 Å². The van der Waals surface area contributed by atoms with E-state index in [9.17, 15) is 19.2 Å². The van der Waals surface area contributed by atoms with Gasteiger partial charge in [-0.05, 0) is 50.2 Å². The van der Waals surface area contributed by atoms with Crippen molar-refractivity contribution in [2.75, 3.05) is 23.7 Å². The van der Waals surface area contributed by atoms with E-state index >= 15 is 0 Å². The molecule has 0 unspecified atom stereocenters. The molecule has 186 valence electrons. The number of fused-ring (bicyclic) bond motifs is 1. The van der Waals surface area contributed by atoms with E-state index in [1.54, 1.807) is 31.2 Å². The van der Waals surface area contributed by atoms with Crippen LogP contribution in [0.5, 0.6) is 0 Å². The van der Waals surface area contributed by atoms with Gasteiger partial charge in [-0.25, -0.2) is 4.79 Å². The van der Waals surface area contributed by atoms with Gasteiger partial charge in [0, 0.05) is 37.6 Å². The summed E-state index contributed by atoms with van der Waals surface area (Å²) < 4.78 is 2.68. The van der Waals surface area contributed by atoms with Crippen LogP contribution in [0.1, 0.15) is 19.4 Å². The van der Waals surface area contributed by atoms with Gasteiger partial charge in [-0.3, -0.25) is 23.5 Å². The van der Waals surface area contributed by atoms with Gasteiger partial charge in [-0.15, -0.1) is 0 Å². The molecule has 2 heterocycles. The molecule has 1 aromatic heterocycles. The van der Waals surface area contributed by atoms with Gasteiger partial charge in [0.05, 0.1) is 33.3 Å². The Bertz CT molecular complexity index is 1520. The zero-order chi connectivity index (χ0) is 26.0. The van der Waals surface area contributed by atoms with Gasteiger partial charge in [0.2, 0.25) is 11.8 Å². The molecule has 0 bridgehead atoms. The number of halogens is 1. The molecule has 10 nitrogen and oxygen atoms in total. The molecule has 1 fully saturated rings. The Kier molecular flexibility index (Phi) is 7.24. The Labute approximate surface area is 211 Å². The van der Waals surface area contributed by atoms with Crippen LogP contribution >= 0.6 is 11.6 Å². The number of nitriles is 1. The van der Waals surface area contributed by atoms with Crippen LogP contribution in [0.3, 0.4) is 0 Å². The van der Waals surface area contributed by atoms with Gasteiger partial charge in [-0.1, -0.05) is 11.6 Å². The van der Waals surface area contributed by atoms with E-state index in [0.717, 1.165) is 4.57 Å². The predicted molar refractivity (Wildman–Crippen MR) is 137 cm³/mol. The molecule has 1 saturated heterocycles. The molecule has 3 aromatic rings. The summed E-state index contributed by atoms with van der Waals surface area (Å²) in [6.07, 6.45) is 0. The first-order valence-corrected chi connectivity index (χ1v) is 12.0. The summed E-state index contributed by atoms with van der Waals surface area (Å²) >= 11 is 6.05. The van der Waals surface area contributed by atoms with Crippen molar-refractivity contribution in [1.82, 2.24) is 14.5 Å². The minimum atomic E-state index is -0.647. The molecular weight excluding hydrogens is 484 g/mol. The number of nitrogens with one attached hydrogen (secondary N) is 3. The van der Waals surface area contributed by atoms with Crippen LogP contribution < -0.4 is 27.2 Å². The summed E-state index contributed by atoms with van der Waals surface area (Å²) in [4.78, 5) is 51.5. The van der Waals surface area contributed by atoms with E-state index in [0.29, 0.717) is 47.5 Å². The number of benzene rings is 2. The second-order valence-corrected chi connectivity index (χ2v) is 8.87. The number of amides is 2. The molecule has 0 spiro atoms. The molecule has 2 atom stereocenters. The molecule has 3 N–H and O–H groups in total. The fourth-order valence-electron chi connectivity index (χ4n) is 4.47. The summed E-state index contributed by atoms with van der Waals surface area (Å²) in [6.45, 7) is 4.81. The molecule has 1 aliphatic rings. The Morgan fingerprint density at radius 1 is 1.00 bits per heavy atom. The highest BCUT2D eigenvalue weighted by Crippen LogP contribution is 2.25. The van der Waals surface area contributed by atoms with Crippen molar-refractivity contribution >= 4 is 45.7 Å². The molecule has 11 heteroatoms. The van der Waals surface area contributed by atoms with Crippen LogP contribution in [0.2, 0.25) is 5.02 Å². The van der Waals surface area contributed by atoms with Gasteiger partial charge in [0.25, 0.3) is 5.56 Å². The summed E-state index contributed by atoms with van der Waals surface area (Å²) in [5, 5.41) is 18.2. The standard InChI is InChI=1S/C25H25ClN6O4/c1-3-31-21-8-7-15(9-17(21)24(35)32(4-2)25(31)36)29-22(33)18-12-28-13-19(18)23(34)30-16-6-5-14(11-27)20(26)10-16/h5-10,18-19,28H,3-4,12-13H2,1-2H3,(H,29,33)(H,30,34)/t18-,19-/m0/s1. The smallest absolute Gasteiger partial charge is 0.326 e. The number of rotatable bonds is 6. The first-order valence-electron chi connectivity index (χ1n) is 11.6. The Balaban J connectivity index is 1.55. The van der Waals surface area contributed by atoms with E-state index in [1.165, 1.54) is 16.7 Å². The second kappa shape index (κ2) is 10.4. The summed E-state index contributed by atoms with van der Waals surface area (Å²) in [7, 11) is 0. The lowest BCUT2D eigenvalue weighted by Crippen LogP contribution is -2.39. The SMILES string of the molecule is CCn1c(=O)c2cc(NC(=O)[C@H]3CNC[C@@H]3C(=O)Nc3ccc(C#N)c(Cl)c3)ccc2n(CC)c1=O. The lowest BCUT2D eigenvalue weighted by atomic mass is 9.94. The third-order valence-corrected chi connectivity index (χ3v) is 6.68. The fourth-order valence-corrected chi connectivity index (χ4v) is 4.69. The number of hydrogen-bond donors (Lipinski definition) is 3. The molecule has 0 saturated carbocycles. The quantitative estimate of drug-likeness (QED) is 0.466. The number of aryl methyl sites for hydroxylation is 1. The maximum absolute atomic E-state index is 13.1. The highest BCUT2D eigenvalue weighted by atomic mass is 35.5. The summed E-state index contributed by atoms with van der Waals surface area (Å²) in [6, 6.07) is 11.4. The van der Waals surface area contributed by atoms with Crippen LogP contribution in [-0.2, 0) is 22.7 Å². The lowest BCUT2D eigenvalue weighted by Gasteiger charge is -2.18. The van der Waals surface area contributed by atoms with E-state index in [2.05, 4.69) is 16.0 Å². The van der Waals surface area contributed by atoms with Crippen LogP contribution in [0.4, 0.5) is 11.4 Å². The van der Waals surface area contributed by atoms with Crippen molar-refractivity contribution < 1.29 is 9.59 Å².